The molecule has 2 N–H and O–H groups in total. The van der Waals surface area contributed by atoms with Gasteiger partial charge in [0.15, 0.2) is 0 Å². The van der Waals surface area contributed by atoms with Crippen molar-refractivity contribution in [3.05, 3.63) is 18.2 Å². The largest absolute Gasteiger partial charge is 0.495 e. The van der Waals surface area contributed by atoms with Gasteiger partial charge in [-0.25, -0.2) is 8.42 Å². The molecule has 3 rings (SSSR count). The van der Waals surface area contributed by atoms with Gasteiger partial charge in [0.1, 0.15) is 5.75 Å². The maximum atomic E-state index is 12.6. The number of nitrogens with two attached hydrogens (primary N) is 1. The van der Waals surface area contributed by atoms with E-state index in [1.54, 1.807) is 16.4 Å². The molecule has 1 saturated heterocycles. The summed E-state index contributed by atoms with van der Waals surface area (Å²) in [7, 11) is -1.91. The van der Waals surface area contributed by atoms with E-state index in [4.69, 9.17) is 10.5 Å². The van der Waals surface area contributed by atoms with Crippen molar-refractivity contribution in [3.63, 3.8) is 0 Å². The zero-order chi connectivity index (χ0) is 13.6. The van der Waals surface area contributed by atoms with E-state index in [2.05, 4.69) is 0 Å². The fraction of sp³-hybridized carbons (Fsp3) is 0.538. The Morgan fingerprint density at radius 2 is 2.16 bits per heavy atom. The van der Waals surface area contributed by atoms with Gasteiger partial charge in [-0.15, -0.1) is 0 Å². The van der Waals surface area contributed by atoms with Crippen molar-refractivity contribution in [3.8, 4) is 5.75 Å². The number of sulfonamides is 1. The number of methoxy groups -OCH3 is 1. The summed E-state index contributed by atoms with van der Waals surface area (Å²) in [5, 5.41) is 0. The lowest BCUT2D eigenvalue weighted by Gasteiger charge is -2.26. The molecule has 2 aliphatic rings. The standard InChI is InChI=1S/C13H18N2O3S/c1-18-13-5-4-11(7-12(13)14)19(16,17)15-8-9-2-3-10(15)6-9/h4-5,7,9-10H,2-3,6,8,14H2,1H3. The normalized spacial score (nSPS) is 26.8. The molecule has 2 atom stereocenters. The van der Waals surface area contributed by atoms with Crippen molar-refractivity contribution in [2.24, 2.45) is 5.92 Å². The quantitative estimate of drug-likeness (QED) is 0.852. The van der Waals surface area contributed by atoms with Crippen LogP contribution in [-0.4, -0.2) is 32.4 Å². The number of rotatable bonds is 3. The SMILES string of the molecule is COc1ccc(S(=O)(=O)N2CC3CCC2C3)cc1N. The van der Waals surface area contributed by atoms with Crippen LogP contribution in [-0.2, 0) is 10.0 Å². The highest BCUT2D eigenvalue weighted by Crippen LogP contribution is 2.41. The van der Waals surface area contributed by atoms with Crippen LogP contribution in [0, 0.1) is 5.92 Å². The number of benzene rings is 1. The van der Waals surface area contributed by atoms with E-state index in [1.165, 1.54) is 13.2 Å². The maximum Gasteiger partial charge on any atom is 0.243 e. The summed E-state index contributed by atoms with van der Waals surface area (Å²) in [6.45, 7) is 0.652. The third-order valence-corrected chi connectivity index (χ3v) is 6.08. The molecule has 0 aromatic heterocycles. The third-order valence-electron chi connectivity index (χ3n) is 4.17. The molecule has 5 nitrogen and oxygen atoms in total. The zero-order valence-electron chi connectivity index (χ0n) is 10.9. The maximum absolute atomic E-state index is 12.6. The molecule has 2 unspecified atom stereocenters. The van der Waals surface area contributed by atoms with E-state index in [-0.39, 0.29) is 10.9 Å². The highest BCUT2D eigenvalue weighted by molar-refractivity contribution is 7.89. The molecule has 1 aromatic rings. The first-order chi connectivity index (χ1) is 9.02. The van der Waals surface area contributed by atoms with Gasteiger partial charge in [0.25, 0.3) is 0 Å². The molecular formula is C13H18N2O3S. The van der Waals surface area contributed by atoms with Crippen molar-refractivity contribution >= 4 is 15.7 Å². The van der Waals surface area contributed by atoms with Gasteiger partial charge in [0, 0.05) is 12.6 Å². The molecule has 0 radical (unpaired) electrons. The summed E-state index contributed by atoms with van der Waals surface area (Å²) < 4.78 is 31.9. The van der Waals surface area contributed by atoms with E-state index < -0.39 is 10.0 Å². The molecule has 1 aliphatic heterocycles. The second kappa shape index (κ2) is 4.38. The molecule has 0 amide bonds. The number of hydrogen-bond acceptors (Lipinski definition) is 4. The van der Waals surface area contributed by atoms with Crippen LogP contribution in [0.25, 0.3) is 0 Å². The van der Waals surface area contributed by atoms with E-state index in [1.807, 2.05) is 0 Å². The number of ether oxygens (including phenoxy) is 1. The molecule has 19 heavy (non-hydrogen) atoms. The first kappa shape index (κ1) is 12.7. The van der Waals surface area contributed by atoms with Gasteiger partial charge in [-0.05, 0) is 43.4 Å². The van der Waals surface area contributed by atoms with Crippen molar-refractivity contribution in [2.45, 2.75) is 30.2 Å². The van der Waals surface area contributed by atoms with Crippen molar-refractivity contribution in [1.29, 1.82) is 0 Å². The van der Waals surface area contributed by atoms with Crippen LogP contribution in [0.2, 0.25) is 0 Å². The third kappa shape index (κ3) is 1.99. The van der Waals surface area contributed by atoms with E-state index in [0.29, 0.717) is 23.9 Å². The van der Waals surface area contributed by atoms with Crippen LogP contribution in [0.4, 0.5) is 5.69 Å². The van der Waals surface area contributed by atoms with E-state index in [0.717, 1.165) is 19.3 Å². The summed E-state index contributed by atoms with van der Waals surface area (Å²) in [5.41, 5.74) is 6.15. The van der Waals surface area contributed by atoms with E-state index >= 15 is 0 Å². The highest BCUT2D eigenvalue weighted by atomic mass is 32.2. The topological polar surface area (TPSA) is 72.6 Å². The van der Waals surface area contributed by atoms with Crippen LogP contribution < -0.4 is 10.5 Å². The van der Waals surface area contributed by atoms with Gasteiger partial charge >= 0.3 is 0 Å². The van der Waals surface area contributed by atoms with Crippen molar-refractivity contribution in [2.75, 3.05) is 19.4 Å². The first-order valence-electron chi connectivity index (χ1n) is 6.47. The average Bonchev–Trinajstić information content (AvgIpc) is 3.01. The fourth-order valence-corrected chi connectivity index (χ4v) is 4.96. The predicted molar refractivity (Wildman–Crippen MR) is 72.4 cm³/mol. The lowest BCUT2D eigenvalue weighted by molar-refractivity contribution is 0.333. The van der Waals surface area contributed by atoms with Gasteiger partial charge in [-0.3, -0.25) is 0 Å². The number of nitrogen functional groups attached to an aromatic ring is 1. The summed E-state index contributed by atoms with van der Waals surface area (Å²) in [6, 6.07) is 4.84. The van der Waals surface area contributed by atoms with Crippen LogP contribution in [0.5, 0.6) is 5.75 Å². The Bertz CT molecular complexity index is 600. The molecule has 0 spiro atoms. The fourth-order valence-electron chi connectivity index (χ4n) is 3.18. The second-order valence-corrected chi connectivity index (χ2v) is 7.20. The molecule has 1 aliphatic carbocycles. The Kier molecular flexibility index (Phi) is 2.94. The van der Waals surface area contributed by atoms with Gasteiger partial charge < -0.3 is 10.5 Å². The summed E-state index contributed by atoms with van der Waals surface area (Å²) in [6.07, 6.45) is 3.14. The number of nitrogens with zero attached hydrogens (tertiary/aromatic N) is 1. The predicted octanol–water partition coefficient (Wildman–Crippen LogP) is 1.45. The zero-order valence-corrected chi connectivity index (χ0v) is 11.7. The minimum Gasteiger partial charge on any atom is -0.495 e. The van der Waals surface area contributed by atoms with Crippen LogP contribution in [0.3, 0.4) is 0 Å². The second-order valence-electron chi connectivity index (χ2n) is 5.31. The lowest BCUT2D eigenvalue weighted by atomic mass is 10.1. The van der Waals surface area contributed by atoms with Gasteiger partial charge in [-0.1, -0.05) is 0 Å². The Balaban J connectivity index is 1.94. The average molecular weight is 282 g/mol. The van der Waals surface area contributed by atoms with Gasteiger partial charge in [-0.2, -0.15) is 4.31 Å². The highest BCUT2D eigenvalue weighted by Gasteiger charge is 2.44. The minimum atomic E-state index is -3.42. The van der Waals surface area contributed by atoms with Gasteiger partial charge in [0.2, 0.25) is 10.0 Å². The van der Waals surface area contributed by atoms with Crippen LogP contribution in [0.1, 0.15) is 19.3 Å². The van der Waals surface area contributed by atoms with Crippen molar-refractivity contribution in [1.82, 2.24) is 4.31 Å². The first-order valence-corrected chi connectivity index (χ1v) is 7.91. The smallest absolute Gasteiger partial charge is 0.243 e. The molecule has 1 heterocycles. The van der Waals surface area contributed by atoms with Crippen LogP contribution >= 0.6 is 0 Å². The number of anilines is 1. The summed E-state index contributed by atoms with van der Waals surface area (Å²) in [5.74, 6) is 1.04. The Labute approximate surface area is 113 Å². The number of hydrogen-bond donors (Lipinski definition) is 1. The van der Waals surface area contributed by atoms with Gasteiger partial charge in [0.05, 0.1) is 17.7 Å². The lowest BCUT2D eigenvalue weighted by Crippen LogP contribution is -2.37. The Hall–Kier alpha value is -1.27. The molecule has 104 valence electrons. The Morgan fingerprint density at radius 3 is 2.68 bits per heavy atom. The minimum absolute atomic E-state index is 0.179. The molecule has 6 heteroatoms. The monoisotopic (exact) mass is 282 g/mol. The van der Waals surface area contributed by atoms with E-state index in [9.17, 15) is 8.42 Å². The van der Waals surface area contributed by atoms with Crippen molar-refractivity contribution < 1.29 is 13.2 Å². The summed E-state index contributed by atoms with van der Waals surface area (Å²) >= 11 is 0. The molecular weight excluding hydrogens is 264 g/mol. The molecule has 2 bridgehead atoms. The van der Waals surface area contributed by atoms with Crippen LogP contribution in [0.15, 0.2) is 23.1 Å². The molecule has 1 saturated carbocycles. The molecule has 1 aromatic carbocycles. The number of fused-ring (bicyclic) bond motifs is 2. The number of piperidine rings is 1. The summed E-state index contributed by atoms with van der Waals surface area (Å²) in [4.78, 5) is 0.262. The Morgan fingerprint density at radius 1 is 1.37 bits per heavy atom. The molecule has 2 fully saturated rings.